The maximum Gasteiger partial charge on any atom is 0.573 e. The quantitative estimate of drug-likeness (QED) is 0.292. The Labute approximate surface area is 191 Å². The lowest BCUT2D eigenvalue weighted by atomic mass is 9.95. The molecule has 168 valence electrons. The first-order chi connectivity index (χ1) is 15.7. The van der Waals surface area contributed by atoms with E-state index in [1.807, 2.05) is 0 Å². The van der Waals surface area contributed by atoms with Gasteiger partial charge in [-0.2, -0.15) is 0 Å². The van der Waals surface area contributed by atoms with Gasteiger partial charge in [0.2, 0.25) is 0 Å². The van der Waals surface area contributed by atoms with E-state index in [4.69, 9.17) is 11.6 Å². The second kappa shape index (κ2) is 8.63. The Morgan fingerprint density at radius 1 is 0.939 bits per heavy atom. The van der Waals surface area contributed by atoms with E-state index in [1.165, 1.54) is 24.3 Å². The molecule has 1 saturated heterocycles. The van der Waals surface area contributed by atoms with Crippen LogP contribution in [0.2, 0.25) is 5.02 Å². The number of hydrogen-bond acceptors (Lipinski definition) is 4. The summed E-state index contributed by atoms with van der Waals surface area (Å²) in [5, 5.41) is 11.3. The van der Waals surface area contributed by atoms with E-state index in [-0.39, 0.29) is 16.8 Å². The number of hydrogen-bond donors (Lipinski definition) is 1. The third kappa shape index (κ3) is 4.56. The Bertz CT molecular complexity index is 1260. The number of aliphatic hydroxyl groups excluding tert-OH is 1. The molecule has 1 atom stereocenters. The number of aliphatic hydroxyl groups is 1. The Morgan fingerprint density at radius 3 is 2.30 bits per heavy atom. The van der Waals surface area contributed by atoms with Crippen LogP contribution in [0.15, 0.2) is 84.4 Å². The first kappa shape index (κ1) is 22.4. The number of halogens is 4. The molecule has 1 aliphatic rings. The van der Waals surface area contributed by atoms with Crippen LogP contribution in [-0.2, 0) is 9.59 Å². The first-order valence-electron chi connectivity index (χ1n) is 9.63. The predicted molar refractivity (Wildman–Crippen MR) is 116 cm³/mol. The maximum absolute atomic E-state index is 13.0. The number of amides is 1. The number of anilines is 1. The average Bonchev–Trinajstić information content (AvgIpc) is 3.03. The zero-order valence-electron chi connectivity index (χ0n) is 16.7. The van der Waals surface area contributed by atoms with E-state index < -0.39 is 35.6 Å². The molecule has 9 heteroatoms. The lowest BCUT2D eigenvalue weighted by Gasteiger charge is -2.26. The van der Waals surface area contributed by atoms with Gasteiger partial charge in [-0.15, -0.1) is 13.2 Å². The van der Waals surface area contributed by atoms with Crippen molar-refractivity contribution in [3.05, 3.63) is 101 Å². The number of carbonyl (C=O) groups is 2. The Kier molecular flexibility index (Phi) is 5.86. The molecule has 1 aliphatic heterocycles. The van der Waals surface area contributed by atoms with Crippen LogP contribution >= 0.6 is 11.6 Å². The van der Waals surface area contributed by atoms with Crippen molar-refractivity contribution in [2.75, 3.05) is 4.90 Å². The van der Waals surface area contributed by atoms with Crippen LogP contribution in [0.4, 0.5) is 18.9 Å². The molecule has 0 saturated carbocycles. The van der Waals surface area contributed by atoms with Crippen LogP contribution in [0.25, 0.3) is 5.76 Å². The molecule has 1 heterocycles. The second-order valence-electron chi connectivity index (χ2n) is 7.14. The van der Waals surface area contributed by atoms with Crippen molar-refractivity contribution in [3.63, 3.8) is 0 Å². The molecule has 33 heavy (non-hydrogen) atoms. The SMILES string of the molecule is O=C1C(=O)N(c2cccc(OC(F)(F)F)c2)C(c2ccccc2)/C1=C(\O)c1cccc(Cl)c1. The van der Waals surface area contributed by atoms with Gasteiger partial charge in [0.15, 0.2) is 0 Å². The highest BCUT2D eigenvalue weighted by Gasteiger charge is 2.47. The molecule has 0 spiro atoms. The number of Topliss-reactive ketones (excluding diaryl/α,β-unsaturated/α-hetero) is 1. The first-order valence-corrected chi connectivity index (χ1v) is 10.0. The van der Waals surface area contributed by atoms with Crippen molar-refractivity contribution in [2.45, 2.75) is 12.4 Å². The van der Waals surface area contributed by atoms with Gasteiger partial charge in [-0.1, -0.05) is 60.1 Å². The fraction of sp³-hybridized carbons (Fsp3) is 0.0833. The third-order valence-corrected chi connectivity index (χ3v) is 5.22. The van der Waals surface area contributed by atoms with Crippen LogP contribution in [0.3, 0.4) is 0 Å². The minimum Gasteiger partial charge on any atom is -0.507 e. The summed E-state index contributed by atoms with van der Waals surface area (Å²) in [5.74, 6) is -2.99. The Hall–Kier alpha value is -3.78. The van der Waals surface area contributed by atoms with Crippen LogP contribution in [0.1, 0.15) is 17.2 Å². The monoisotopic (exact) mass is 473 g/mol. The van der Waals surface area contributed by atoms with Crippen LogP contribution < -0.4 is 9.64 Å². The summed E-state index contributed by atoms with van der Waals surface area (Å²) in [7, 11) is 0. The molecule has 0 aliphatic carbocycles. The fourth-order valence-corrected chi connectivity index (χ4v) is 3.86. The molecule has 5 nitrogen and oxygen atoms in total. The number of ether oxygens (including phenoxy) is 1. The standard InChI is InChI=1S/C24H15ClF3NO4/c25-16-9-4-8-15(12-16)21(30)19-20(14-6-2-1-3-7-14)29(23(32)22(19)31)17-10-5-11-18(13-17)33-24(26,27)28/h1-13,20,30H/b21-19+. The van der Waals surface area contributed by atoms with Gasteiger partial charge in [0.1, 0.15) is 11.5 Å². The smallest absolute Gasteiger partial charge is 0.507 e. The summed E-state index contributed by atoms with van der Waals surface area (Å²) >= 11 is 6.01. The van der Waals surface area contributed by atoms with Gasteiger partial charge in [0.25, 0.3) is 11.7 Å². The number of nitrogens with zero attached hydrogens (tertiary/aromatic N) is 1. The Morgan fingerprint density at radius 2 is 1.64 bits per heavy atom. The number of ketones is 1. The molecule has 0 radical (unpaired) electrons. The normalized spacial score (nSPS) is 17.9. The summed E-state index contributed by atoms with van der Waals surface area (Å²) in [6.45, 7) is 0. The lowest BCUT2D eigenvalue weighted by molar-refractivity contribution is -0.274. The molecule has 1 unspecified atom stereocenters. The van der Waals surface area contributed by atoms with Crippen molar-refractivity contribution in [1.82, 2.24) is 0 Å². The number of alkyl halides is 3. The van der Waals surface area contributed by atoms with Gasteiger partial charge >= 0.3 is 6.36 Å². The molecular weight excluding hydrogens is 459 g/mol. The zero-order chi connectivity index (χ0) is 23.8. The molecule has 0 bridgehead atoms. The Balaban J connectivity index is 1.89. The molecule has 0 aromatic heterocycles. The maximum atomic E-state index is 13.0. The summed E-state index contributed by atoms with van der Waals surface area (Å²) in [6, 6.07) is 18.1. The number of benzene rings is 3. The van der Waals surface area contributed by atoms with E-state index >= 15 is 0 Å². The average molecular weight is 474 g/mol. The molecule has 4 rings (SSSR count). The minimum absolute atomic E-state index is 0.00199. The van der Waals surface area contributed by atoms with E-state index in [9.17, 15) is 27.9 Å². The van der Waals surface area contributed by atoms with Gasteiger partial charge in [0, 0.05) is 22.3 Å². The van der Waals surface area contributed by atoms with Gasteiger partial charge in [-0.3, -0.25) is 14.5 Å². The summed E-state index contributed by atoms with van der Waals surface area (Å²) in [5.41, 5.74) is 0.478. The van der Waals surface area contributed by atoms with Gasteiger partial charge in [-0.25, -0.2) is 0 Å². The topological polar surface area (TPSA) is 66.8 Å². The molecule has 1 N–H and O–H groups in total. The zero-order valence-corrected chi connectivity index (χ0v) is 17.5. The van der Waals surface area contributed by atoms with Crippen molar-refractivity contribution in [1.29, 1.82) is 0 Å². The summed E-state index contributed by atoms with van der Waals surface area (Å²) < 4.78 is 42.1. The molecular formula is C24H15ClF3NO4. The molecule has 1 fully saturated rings. The van der Waals surface area contributed by atoms with Gasteiger partial charge in [0.05, 0.1) is 11.6 Å². The summed E-state index contributed by atoms with van der Waals surface area (Å²) in [6.07, 6.45) is -4.93. The van der Waals surface area contributed by atoms with E-state index in [1.54, 1.807) is 42.5 Å². The molecule has 3 aromatic rings. The summed E-state index contributed by atoms with van der Waals surface area (Å²) in [4.78, 5) is 27.1. The highest BCUT2D eigenvalue weighted by molar-refractivity contribution is 6.51. The van der Waals surface area contributed by atoms with E-state index in [0.717, 1.165) is 17.0 Å². The van der Waals surface area contributed by atoms with Crippen molar-refractivity contribution in [3.8, 4) is 5.75 Å². The van der Waals surface area contributed by atoms with Crippen LogP contribution in [0.5, 0.6) is 5.75 Å². The minimum atomic E-state index is -4.93. The second-order valence-corrected chi connectivity index (χ2v) is 7.57. The van der Waals surface area contributed by atoms with Crippen molar-refractivity contribution >= 4 is 34.7 Å². The van der Waals surface area contributed by atoms with Crippen LogP contribution in [0, 0.1) is 0 Å². The lowest BCUT2D eigenvalue weighted by Crippen LogP contribution is -2.29. The van der Waals surface area contributed by atoms with Crippen molar-refractivity contribution in [2.24, 2.45) is 0 Å². The number of rotatable bonds is 4. The van der Waals surface area contributed by atoms with Crippen LogP contribution in [-0.4, -0.2) is 23.2 Å². The van der Waals surface area contributed by atoms with Gasteiger partial charge in [-0.05, 0) is 29.8 Å². The van der Waals surface area contributed by atoms with E-state index in [2.05, 4.69) is 4.74 Å². The highest BCUT2D eigenvalue weighted by Crippen LogP contribution is 2.43. The third-order valence-electron chi connectivity index (χ3n) is 4.99. The highest BCUT2D eigenvalue weighted by atomic mass is 35.5. The van der Waals surface area contributed by atoms with E-state index in [0.29, 0.717) is 10.6 Å². The molecule has 3 aromatic carbocycles. The molecule has 1 amide bonds. The fourth-order valence-electron chi connectivity index (χ4n) is 3.67. The predicted octanol–water partition coefficient (Wildman–Crippen LogP) is 5.86. The number of carbonyl (C=O) groups excluding carboxylic acids is 2. The largest absolute Gasteiger partial charge is 0.573 e. The van der Waals surface area contributed by atoms with Crippen molar-refractivity contribution < 1.29 is 32.6 Å². The van der Waals surface area contributed by atoms with Gasteiger partial charge < -0.3 is 9.84 Å².